The molecule has 0 unspecified atom stereocenters. The van der Waals surface area contributed by atoms with Crippen molar-refractivity contribution in [2.45, 2.75) is 23.1 Å². The van der Waals surface area contributed by atoms with Crippen LogP contribution in [0.1, 0.15) is 12.0 Å². The van der Waals surface area contributed by atoms with Crippen molar-refractivity contribution in [1.82, 2.24) is 10.4 Å². The molecular weight excluding hydrogens is 330 g/mol. The molecule has 2 aliphatic heterocycles. The summed E-state index contributed by atoms with van der Waals surface area (Å²) < 4.78 is 0. The quantitative estimate of drug-likeness (QED) is 0.902. The standard InChI is InChI=1S/C17H14ClN3OS/c18-12-6-7-14-13(8-12)19-17-15(23-14)9-16(22)20-21(17)10-11-4-2-1-3-5-11/h1-8,15H,9-10H2,(H,20,22)/t15-/m0/s1. The largest absolute Gasteiger partial charge is 0.273 e. The number of amides is 1. The highest BCUT2D eigenvalue weighted by Gasteiger charge is 2.35. The fourth-order valence-electron chi connectivity index (χ4n) is 2.75. The first-order chi connectivity index (χ1) is 11.2. The van der Waals surface area contributed by atoms with Crippen molar-refractivity contribution in [2.24, 2.45) is 4.99 Å². The third-order valence-electron chi connectivity index (χ3n) is 3.80. The Labute approximate surface area is 143 Å². The molecule has 4 rings (SSSR count). The first-order valence-corrected chi connectivity index (χ1v) is 8.60. The van der Waals surface area contributed by atoms with Crippen LogP contribution in [0.2, 0.25) is 5.02 Å². The molecule has 0 radical (unpaired) electrons. The van der Waals surface area contributed by atoms with Crippen molar-refractivity contribution < 1.29 is 4.79 Å². The van der Waals surface area contributed by atoms with Crippen LogP contribution in [0.4, 0.5) is 5.69 Å². The molecule has 2 heterocycles. The van der Waals surface area contributed by atoms with Crippen LogP contribution < -0.4 is 5.43 Å². The zero-order chi connectivity index (χ0) is 15.8. The van der Waals surface area contributed by atoms with Gasteiger partial charge in [0.15, 0.2) is 0 Å². The van der Waals surface area contributed by atoms with Crippen molar-refractivity contribution in [2.75, 3.05) is 0 Å². The van der Waals surface area contributed by atoms with Gasteiger partial charge in [0.25, 0.3) is 0 Å². The predicted molar refractivity (Wildman–Crippen MR) is 92.9 cm³/mol. The Morgan fingerprint density at radius 2 is 2.09 bits per heavy atom. The van der Waals surface area contributed by atoms with Gasteiger partial charge in [0.05, 0.1) is 17.5 Å². The average Bonchev–Trinajstić information content (AvgIpc) is 2.54. The van der Waals surface area contributed by atoms with Gasteiger partial charge in [-0.2, -0.15) is 0 Å². The number of hydrogen-bond donors (Lipinski definition) is 1. The number of halogens is 1. The molecule has 0 spiro atoms. The summed E-state index contributed by atoms with van der Waals surface area (Å²) in [6, 6.07) is 15.7. The van der Waals surface area contributed by atoms with Gasteiger partial charge in [0.2, 0.25) is 5.91 Å². The number of carbonyl (C=O) groups excluding carboxylic acids is 1. The Bertz CT molecular complexity index is 794. The van der Waals surface area contributed by atoms with E-state index in [1.807, 2.05) is 53.5 Å². The fraction of sp³-hybridized carbons (Fsp3) is 0.176. The third kappa shape index (κ3) is 2.94. The van der Waals surface area contributed by atoms with Crippen LogP contribution >= 0.6 is 23.4 Å². The Kier molecular flexibility index (Phi) is 3.75. The van der Waals surface area contributed by atoms with Crippen molar-refractivity contribution in [3.63, 3.8) is 0 Å². The molecular formula is C17H14ClN3OS. The number of carbonyl (C=O) groups is 1. The Morgan fingerprint density at radius 1 is 1.26 bits per heavy atom. The van der Waals surface area contributed by atoms with E-state index in [0.717, 1.165) is 22.0 Å². The van der Waals surface area contributed by atoms with E-state index in [2.05, 4.69) is 5.43 Å². The number of hydrogen-bond acceptors (Lipinski definition) is 4. The zero-order valence-corrected chi connectivity index (χ0v) is 13.8. The maximum absolute atomic E-state index is 12.0. The Morgan fingerprint density at radius 3 is 2.91 bits per heavy atom. The van der Waals surface area contributed by atoms with Gasteiger partial charge in [0, 0.05) is 16.3 Å². The van der Waals surface area contributed by atoms with Crippen LogP contribution in [-0.2, 0) is 11.3 Å². The summed E-state index contributed by atoms with van der Waals surface area (Å²) in [5, 5.41) is 2.56. The van der Waals surface area contributed by atoms with Gasteiger partial charge in [-0.05, 0) is 23.8 Å². The Balaban J connectivity index is 1.70. The van der Waals surface area contributed by atoms with Gasteiger partial charge < -0.3 is 0 Å². The van der Waals surface area contributed by atoms with Crippen LogP contribution in [0.5, 0.6) is 0 Å². The highest BCUT2D eigenvalue weighted by atomic mass is 35.5. The molecule has 0 bridgehead atoms. The smallest absolute Gasteiger partial charge is 0.240 e. The number of thioether (sulfide) groups is 1. The van der Waals surface area contributed by atoms with E-state index in [0.29, 0.717) is 18.0 Å². The molecule has 1 saturated heterocycles. The van der Waals surface area contributed by atoms with Crippen molar-refractivity contribution >= 4 is 40.8 Å². The lowest BCUT2D eigenvalue weighted by Crippen LogP contribution is -2.55. The third-order valence-corrected chi connectivity index (χ3v) is 5.30. The van der Waals surface area contributed by atoms with Crippen molar-refractivity contribution in [1.29, 1.82) is 0 Å². The second-order valence-corrected chi connectivity index (χ2v) is 7.18. The Hall–Kier alpha value is -1.98. The minimum atomic E-state index is 0.0230. The molecule has 4 nitrogen and oxygen atoms in total. The summed E-state index contributed by atoms with van der Waals surface area (Å²) in [5.41, 5.74) is 4.91. The SMILES string of the molecule is O=C1C[C@@H]2Sc3ccc(Cl)cc3N=C2N(Cc2ccccc2)N1. The summed E-state index contributed by atoms with van der Waals surface area (Å²) >= 11 is 7.76. The van der Waals surface area contributed by atoms with Gasteiger partial charge >= 0.3 is 0 Å². The first-order valence-electron chi connectivity index (χ1n) is 7.35. The lowest BCUT2D eigenvalue weighted by molar-refractivity contribution is -0.125. The van der Waals surface area contributed by atoms with E-state index in [4.69, 9.17) is 16.6 Å². The van der Waals surface area contributed by atoms with Gasteiger partial charge in [-0.15, -0.1) is 11.8 Å². The molecule has 1 N–H and O–H groups in total. The zero-order valence-electron chi connectivity index (χ0n) is 12.2. The van der Waals surface area contributed by atoms with Crippen LogP contribution in [0, 0.1) is 0 Å². The molecule has 0 saturated carbocycles. The lowest BCUT2D eigenvalue weighted by atomic mass is 10.1. The summed E-state index contributed by atoms with van der Waals surface area (Å²) in [6.07, 6.45) is 0.441. The molecule has 2 aromatic carbocycles. The van der Waals surface area contributed by atoms with E-state index in [9.17, 15) is 4.79 Å². The summed E-state index contributed by atoms with van der Waals surface area (Å²) in [7, 11) is 0. The van der Waals surface area contributed by atoms with Crippen LogP contribution in [0.3, 0.4) is 0 Å². The number of nitrogens with zero attached hydrogens (tertiary/aromatic N) is 2. The van der Waals surface area contributed by atoms with Crippen molar-refractivity contribution in [3.8, 4) is 0 Å². The second kappa shape index (κ2) is 5.91. The lowest BCUT2D eigenvalue weighted by Gasteiger charge is -2.37. The number of aliphatic imine (C=N–C) groups is 1. The normalized spacial score (nSPS) is 19.5. The number of fused-ring (bicyclic) bond motifs is 2. The molecule has 0 aliphatic carbocycles. The van der Waals surface area contributed by atoms with Gasteiger partial charge in [-0.1, -0.05) is 41.9 Å². The summed E-state index contributed by atoms with van der Waals surface area (Å²) in [5.74, 6) is 0.906. The predicted octanol–water partition coefficient (Wildman–Crippen LogP) is 3.78. The maximum atomic E-state index is 12.0. The molecule has 0 aromatic heterocycles. The minimum absolute atomic E-state index is 0.0230. The molecule has 23 heavy (non-hydrogen) atoms. The van der Waals surface area contributed by atoms with E-state index in [1.54, 1.807) is 11.8 Å². The van der Waals surface area contributed by atoms with E-state index >= 15 is 0 Å². The molecule has 1 fully saturated rings. The molecule has 2 aromatic rings. The van der Waals surface area contributed by atoms with Crippen molar-refractivity contribution in [3.05, 3.63) is 59.1 Å². The first kappa shape index (κ1) is 14.6. The average molecular weight is 344 g/mol. The topological polar surface area (TPSA) is 44.7 Å². The maximum Gasteiger partial charge on any atom is 0.240 e. The van der Waals surface area contributed by atoms with Gasteiger partial charge in [-0.25, -0.2) is 4.99 Å². The van der Waals surface area contributed by atoms with E-state index < -0.39 is 0 Å². The monoisotopic (exact) mass is 343 g/mol. The van der Waals surface area contributed by atoms with Crippen LogP contribution in [0.15, 0.2) is 58.4 Å². The fourth-order valence-corrected chi connectivity index (χ4v) is 4.12. The van der Waals surface area contributed by atoms with Gasteiger partial charge in [-0.3, -0.25) is 15.2 Å². The molecule has 1 atom stereocenters. The van der Waals surface area contributed by atoms with Gasteiger partial charge in [0.1, 0.15) is 5.84 Å². The number of benzene rings is 2. The molecule has 1 amide bonds. The number of nitrogens with one attached hydrogen (secondary N) is 1. The second-order valence-electron chi connectivity index (χ2n) is 5.50. The minimum Gasteiger partial charge on any atom is -0.273 e. The van der Waals surface area contributed by atoms with E-state index in [-0.39, 0.29) is 11.2 Å². The number of hydrazine groups is 1. The molecule has 6 heteroatoms. The highest BCUT2D eigenvalue weighted by molar-refractivity contribution is 8.01. The van der Waals surface area contributed by atoms with E-state index in [1.165, 1.54) is 0 Å². The molecule has 116 valence electrons. The molecule has 2 aliphatic rings. The number of rotatable bonds is 2. The summed E-state index contributed by atoms with van der Waals surface area (Å²) in [4.78, 5) is 17.9. The summed E-state index contributed by atoms with van der Waals surface area (Å²) in [6.45, 7) is 0.596. The highest BCUT2D eigenvalue weighted by Crippen LogP contribution is 2.41. The number of amidine groups is 1. The van der Waals surface area contributed by atoms with Crippen LogP contribution in [-0.4, -0.2) is 22.0 Å². The van der Waals surface area contributed by atoms with Crippen LogP contribution in [0.25, 0.3) is 0 Å².